The predicted molar refractivity (Wildman–Crippen MR) is 101 cm³/mol. The van der Waals surface area contributed by atoms with Crippen molar-refractivity contribution in [3.63, 3.8) is 0 Å². The minimum atomic E-state index is 0.782. The normalized spacial score (nSPS) is 13.8. The number of thiophene rings is 1. The molecule has 0 radical (unpaired) electrons. The Bertz CT molecular complexity index is 799. The van der Waals surface area contributed by atoms with Crippen LogP contribution in [0.2, 0.25) is 0 Å². The van der Waals surface area contributed by atoms with Gasteiger partial charge in [-0.2, -0.15) is 5.26 Å². The molecular weight excluding hydrogens is 370 g/mol. The van der Waals surface area contributed by atoms with E-state index in [4.69, 9.17) is 0 Å². The lowest BCUT2D eigenvalue weighted by molar-refractivity contribution is 0.696. The average molecular weight is 388 g/mol. The number of hydrogen-bond acceptors (Lipinski definition) is 4. The van der Waals surface area contributed by atoms with Gasteiger partial charge >= 0.3 is 0 Å². The number of fused-ring (bicyclic) bond motifs is 1. The molecule has 1 aromatic carbocycles. The topological polar surface area (TPSA) is 39.4 Å². The highest BCUT2D eigenvalue weighted by atomic mass is 79.9. The molecule has 3 rings (SSSR count). The molecule has 1 aliphatic carbocycles. The van der Waals surface area contributed by atoms with Gasteiger partial charge in [0, 0.05) is 29.7 Å². The van der Waals surface area contributed by atoms with E-state index in [1.165, 1.54) is 23.3 Å². The average Bonchev–Trinajstić information content (AvgIpc) is 2.90. The highest BCUT2D eigenvalue weighted by Gasteiger charge is 2.20. The van der Waals surface area contributed by atoms with Crippen LogP contribution in [0.15, 0.2) is 27.7 Å². The molecule has 1 heterocycles. The van der Waals surface area contributed by atoms with Gasteiger partial charge < -0.3 is 4.90 Å². The van der Waals surface area contributed by atoms with Crippen LogP contribution in [0.4, 0.5) is 10.7 Å². The molecule has 0 unspecified atom stereocenters. The van der Waals surface area contributed by atoms with Crippen LogP contribution in [0.1, 0.15) is 34.4 Å². The lowest BCUT2D eigenvalue weighted by Crippen LogP contribution is -2.09. The Morgan fingerprint density at radius 2 is 2.09 bits per heavy atom. The molecule has 0 saturated heterocycles. The van der Waals surface area contributed by atoms with Crippen LogP contribution in [0.5, 0.6) is 0 Å². The SMILES string of the molecule is CN(C)c1ccc(/C=N/c2sc3c(c2C#N)CCCC3)cc1Br. The van der Waals surface area contributed by atoms with E-state index in [1.807, 2.05) is 26.4 Å². The third kappa shape index (κ3) is 3.34. The van der Waals surface area contributed by atoms with E-state index < -0.39 is 0 Å². The molecule has 0 aliphatic heterocycles. The first-order valence-electron chi connectivity index (χ1n) is 7.65. The fraction of sp³-hybridized carbons (Fsp3) is 0.333. The van der Waals surface area contributed by atoms with Crippen molar-refractivity contribution in [2.45, 2.75) is 25.7 Å². The van der Waals surface area contributed by atoms with Crippen molar-refractivity contribution < 1.29 is 0 Å². The Morgan fingerprint density at radius 1 is 1.30 bits per heavy atom. The van der Waals surface area contributed by atoms with Crippen LogP contribution in [0.25, 0.3) is 0 Å². The summed E-state index contributed by atoms with van der Waals surface area (Å²) in [5.41, 5.74) is 4.18. The quantitative estimate of drug-likeness (QED) is 0.688. The van der Waals surface area contributed by atoms with E-state index in [2.05, 4.69) is 44.0 Å². The van der Waals surface area contributed by atoms with Crippen molar-refractivity contribution in [2.75, 3.05) is 19.0 Å². The summed E-state index contributed by atoms with van der Waals surface area (Å²) in [6.07, 6.45) is 6.37. The molecule has 1 aliphatic rings. The summed E-state index contributed by atoms with van der Waals surface area (Å²) < 4.78 is 1.04. The first kappa shape index (κ1) is 16.2. The van der Waals surface area contributed by atoms with Crippen molar-refractivity contribution in [1.82, 2.24) is 0 Å². The van der Waals surface area contributed by atoms with Crippen LogP contribution in [0.3, 0.4) is 0 Å². The maximum atomic E-state index is 9.47. The van der Waals surface area contributed by atoms with Crippen LogP contribution in [-0.2, 0) is 12.8 Å². The Labute approximate surface area is 149 Å². The molecule has 23 heavy (non-hydrogen) atoms. The summed E-state index contributed by atoms with van der Waals surface area (Å²) in [5, 5.41) is 10.3. The largest absolute Gasteiger partial charge is 0.377 e. The van der Waals surface area contributed by atoms with E-state index in [1.54, 1.807) is 11.3 Å². The van der Waals surface area contributed by atoms with Gasteiger partial charge in [-0.1, -0.05) is 6.07 Å². The Balaban J connectivity index is 1.90. The van der Waals surface area contributed by atoms with Gasteiger partial charge in [0.1, 0.15) is 11.1 Å². The Morgan fingerprint density at radius 3 is 2.78 bits per heavy atom. The zero-order valence-electron chi connectivity index (χ0n) is 13.3. The van der Waals surface area contributed by atoms with E-state index >= 15 is 0 Å². The van der Waals surface area contributed by atoms with E-state index in [-0.39, 0.29) is 0 Å². The molecular formula is C18H18BrN3S. The Kier molecular flexibility index (Phi) is 4.84. The summed E-state index contributed by atoms with van der Waals surface area (Å²) >= 11 is 5.27. The third-order valence-electron chi connectivity index (χ3n) is 4.05. The standard InChI is InChI=1S/C18H18BrN3S/c1-22(2)16-8-7-12(9-15(16)19)11-21-18-14(10-20)13-5-3-4-6-17(13)23-18/h7-9,11H,3-6H2,1-2H3/b21-11+. The number of halogens is 1. The second kappa shape index (κ2) is 6.86. The number of aliphatic imine (C=N–C) groups is 1. The minimum absolute atomic E-state index is 0.782. The second-order valence-corrected chi connectivity index (χ2v) is 7.80. The zero-order chi connectivity index (χ0) is 16.4. The molecule has 5 heteroatoms. The molecule has 0 fully saturated rings. The number of hydrogen-bond donors (Lipinski definition) is 0. The number of benzene rings is 1. The number of anilines is 1. The highest BCUT2D eigenvalue weighted by molar-refractivity contribution is 9.10. The minimum Gasteiger partial charge on any atom is -0.377 e. The van der Waals surface area contributed by atoms with Gasteiger partial charge in [0.2, 0.25) is 0 Å². The number of aryl methyl sites for hydroxylation is 1. The van der Waals surface area contributed by atoms with E-state index in [9.17, 15) is 5.26 Å². The van der Waals surface area contributed by atoms with Gasteiger partial charge in [0.05, 0.1) is 11.3 Å². The number of rotatable bonds is 3. The first-order valence-corrected chi connectivity index (χ1v) is 9.26. The molecule has 0 bridgehead atoms. The second-order valence-electron chi connectivity index (χ2n) is 5.87. The highest BCUT2D eigenvalue weighted by Crippen LogP contribution is 2.39. The summed E-state index contributed by atoms with van der Waals surface area (Å²) in [6.45, 7) is 0. The lowest BCUT2D eigenvalue weighted by atomic mass is 9.96. The monoisotopic (exact) mass is 387 g/mol. The van der Waals surface area contributed by atoms with Gasteiger partial charge in [0.25, 0.3) is 0 Å². The van der Waals surface area contributed by atoms with Gasteiger partial charge in [-0.3, -0.25) is 0 Å². The summed E-state index contributed by atoms with van der Waals surface area (Å²) in [7, 11) is 4.03. The summed E-state index contributed by atoms with van der Waals surface area (Å²) in [4.78, 5) is 8.02. The molecule has 0 saturated carbocycles. The zero-order valence-corrected chi connectivity index (χ0v) is 15.7. The van der Waals surface area contributed by atoms with Gasteiger partial charge in [0.15, 0.2) is 0 Å². The molecule has 0 atom stereocenters. The molecule has 1 aromatic heterocycles. The maximum Gasteiger partial charge on any atom is 0.134 e. The first-order chi connectivity index (χ1) is 11.1. The van der Waals surface area contributed by atoms with Crippen molar-refractivity contribution in [3.8, 4) is 6.07 Å². The van der Waals surface area contributed by atoms with Crippen molar-refractivity contribution in [1.29, 1.82) is 5.26 Å². The molecule has 0 spiro atoms. The van der Waals surface area contributed by atoms with Gasteiger partial charge in [-0.15, -0.1) is 11.3 Å². The van der Waals surface area contributed by atoms with Crippen LogP contribution >= 0.6 is 27.3 Å². The van der Waals surface area contributed by atoms with Gasteiger partial charge in [-0.05, 0) is 64.9 Å². The fourth-order valence-electron chi connectivity index (χ4n) is 2.86. The molecule has 0 N–H and O–H groups in total. The van der Waals surface area contributed by atoms with Crippen LogP contribution in [-0.4, -0.2) is 20.3 Å². The third-order valence-corrected chi connectivity index (χ3v) is 5.88. The number of nitrogens with zero attached hydrogens (tertiary/aromatic N) is 3. The van der Waals surface area contributed by atoms with Crippen LogP contribution in [0, 0.1) is 11.3 Å². The van der Waals surface area contributed by atoms with Crippen molar-refractivity contribution in [3.05, 3.63) is 44.2 Å². The van der Waals surface area contributed by atoms with Crippen LogP contribution < -0.4 is 4.90 Å². The molecule has 3 nitrogen and oxygen atoms in total. The van der Waals surface area contributed by atoms with E-state index in [0.29, 0.717) is 0 Å². The van der Waals surface area contributed by atoms with Crippen molar-refractivity contribution in [2.24, 2.45) is 4.99 Å². The van der Waals surface area contributed by atoms with E-state index in [0.717, 1.165) is 39.1 Å². The Hall–Kier alpha value is -1.64. The fourth-order valence-corrected chi connectivity index (χ4v) is 4.79. The summed E-state index contributed by atoms with van der Waals surface area (Å²) in [5.74, 6) is 0. The number of nitriles is 1. The molecule has 0 amide bonds. The van der Waals surface area contributed by atoms with Crippen molar-refractivity contribution >= 4 is 44.2 Å². The lowest BCUT2D eigenvalue weighted by Gasteiger charge is -2.14. The molecule has 118 valence electrons. The predicted octanol–water partition coefficient (Wildman–Crippen LogP) is 5.08. The summed E-state index contributed by atoms with van der Waals surface area (Å²) in [6, 6.07) is 8.52. The molecule has 2 aromatic rings. The smallest absolute Gasteiger partial charge is 0.134 e. The maximum absolute atomic E-state index is 9.47. The van der Waals surface area contributed by atoms with Gasteiger partial charge in [-0.25, -0.2) is 4.99 Å².